The highest BCUT2D eigenvalue weighted by molar-refractivity contribution is 6.30. The number of rotatable bonds is 2. The Morgan fingerprint density at radius 1 is 0.947 bits per heavy atom. The van der Waals surface area contributed by atoms with Crippen LogP contribution in [0.1, 0.15) is 0 Å². The minimum Gasteiger partial charge on any atom is -0.371 e. The van der Waals surface area contributed by atoms with Crippen molar-refractivity contribution in [1.29, 1.82) is 0 Å². The molecule has 1 heterocycles. The average Bonchev–Trinajstić information content (AvgIpc) is 2.83. The van der Waals surface area contributed by atoms with E-state index in [2.05, 4.69) is 0 Å². The molecule has 3 nitrogen and oxygen atoms in total. The van der Waals surface area contributed by atoms with Gasteiger partial charge in [-0.05, 0) is 24.3 Å². The van der Waals surface area contributed by atoms with Gasteiger partial charge in [-0.2, -0.15) is 0 Å². The van der Waals surface area contributed by atoms with E-state index in [-0.39, 0.29) is 5.56 Å². The largest absolute Gasteiger partial charge is 0.371 e. The van der Waals surface area contributed by atoms with Crippen LogP contribution in [-0.2, 0) is 0 Å². The van der Waals surface area contributed by atoms with Crippen LogP contribution >= 0.6 is 11.6 Å². The molecule has 0 amide bonds. The monoisotopic (exact) mass is 271 g/mol. The Labute approximate surface area is 114 Å². The van der Waals surface area contributed by atoms with Gasteiger partial charge in [-0.3, -0.25) is 4.79 Å². The Balaban J connectivity index is 2.08. The summed E-state index contributed by atoms with van der Waals surface area (Å²) in [5, 5.41) is 0.617. The molecule has 0 radical (unpaired) electrons. The molecule has 3 rings (SSSR count). The van der Waals surface area contributed by atoms with Crippen molar-refractivity contribution in [2.24, 2.45) is 0 Å². The predicted molar refractivity (Wildman–Crippen MR) is 74.8 cm³/mol. The summed E-state index contributed by atoms with van der Waals surface area (Å²) in [4.78, 5) is 11.9. The van der Waals surface area contributed by atoms with Crippen LogP contribution in [0.3, 0.4) is 0 Å². The summed E-state index contributed by atoms with van der Waals surface area (Å²) in [6.45, 7) is 0. The molecule has 1 aromatic heterocycles. The molecule has 0 unspecified atom stereocenters. The van der Waals surface area contributed by atoms with Gasteiger partial charge < -0.3 is 4.52 Å². The van der Waals surface area contributed by atoms with Crippen LogP contribution in [0.5, 0.6) is 0 Å². The van der Waals surface area contributed by atoms with Crippen LogP contribution in [0.25, 0.3) is 17.0 Å². The molecule has 0 saturated heterocycles. The summed E-state index contributed by atoms with van der Waals surface area (Å²) in [7, 11) is 0. The van der Waals surface area contributed by atoms with Gasteiger partial charge in [0.25, 0.3) is 5.56 Å². The van der Waals surface area contributed by atoms with Crippen LogP contribution in [0.15, 0.2) is 70.0 Å². The molecule has 0 aliphatic heterocycles. The van der Waals surface area contributed by atoms with E-state index in [0.29, 0.717) is 16.5 Å². The normalized spacial score (nSPS) is 10.6. The van der Waals surface area contributed by atoms with Crippen LogP contribution in [0.4, 0.5) is 0 Å². The van der Waals surface area contributed by atoms with Gasteiger partial charge in [0.05, 0.1) is 11.8 Å². The number of halogens is 1. The molecule has 0 N–H and O–H groups in total. The van der Waals surface area contributed by atoms with Crippen LogP contribution < -0.4 is 5.56 Å². The molecular formula is C15H10ClNO2. The second-order valence-corrected chi connectivity index (χ2v) is 4.51. The molecule has 2 aromatic carbocycles. The fourth-order valence-electron chi connectivity index (χ4n) is 1.84. The lowest BCUT2D eigenvalue weighted by atomic mass is 10.2. The van der Waals surface area contributed by atoms with Crippen LogP contribution in [-0.4, -0.2) is 4.74 Å². The van der Waals surface area contributed by atoms with E-state index >= 15 is 0 Å². The maximum atomic E-state index is 11.9. The van der Waals surface area contributed by atoms with E-state index in [1.165, 1.54) is 10.8 Å². The van der Waals surface area contributed by atoms with E-state index in [1.807, 2.05) is 30.3 Å². The third kappa shape index (κ3) is 2.33. The van der Waals surface area contributed by atoms with Gasteiger partial charge in [-0.1, -0.05) is 41.9 Å². The van der Waals surface area contributed by atoms with Crippen molar-refractivity contribution >= 4 is 11.6 Å². The molecule has 0 aliphatic carbocycles. The molecule has 0 atom stereocenters. The van der Waals surface area contributed by atoms with Crippen molar-refractivity contribution in [2.45, 2.75) is 0 Å². The zero-order chi connectivity index (χ0) is 13.2. The lowest BCUT2D eigenvalue weighted by Crippen LogP contribution is -2.10. The van der Waals surface area contributed by atoms with Crippen molar-refractivity contribution in [3.05, 3.63) is 76.0 Å². The van der Waals surface area contributed by atoms with Crippen molar-refractivity contribution in [3.8, 4) is 17.0 Å². The van der Waals surface area contributed by atoms with Gasteiger partial charge in [0.2, 0.25) is 0 Å². The number of aromatic nitrogens is 1. The molecule has 0 bridgehead atoms. The zero-order valence-electron chi connectivity index (χ0n) is 9.92. The Kier molecular flexibility index (Phi) is 2.97. The van der Waals surface area contributed by atoms with Crippen molar-refractivity contribution in [1.82, 2.24) is 4.74 Å². The summed E-state index contributed by atoms with van der Waals surface area (Å²) in [5.74, 6) is 0.542. The smallest absolute Gasteiger partial charge is 0.287 e. The molecule has 3 aromatic rings. The predicted octanol–water partition coefficient (Wildman–Crippen LogP) is 3.75. The first-order chi connectivity index (χ1) is 9.24. The fourth-order valence-corrected chi connectivity index (χ4v) is 1.96. The van der Waals surface area contributed by atoms with E-state index in [4.69, 9.17) is 16.1 Å². The molecule has 0 fully saturated rings. The number of benzene rings is 2. The topological polar surface area (TPSA) is 35.1 Å². The second-order valence-electron chi connectivity index (χ2n) is 4.07. The first kappa shape index (κ1) is 11.8. The summed E-state index contributed by atoms with van der Waals surface area (Å²) in [5.41, 5.74) is 1.31. The second kappa shape index (κ2) is 4.78. The lowest BCUT2D eigenvalue weighted by Gasteiger charge is -2.00. The van der Waals surface area contributed by atoms with Crippen LogP contribution in [0.2, 0.25) is 5.02 Å². The highest BCUT2D eigenvalue weighted by Gasteiger charge is 2.09. The van der Waals surface area contributed by atoms with Crippen molar-refractivity contribution < 1.29 is 4.52 Å². The number of hydrogen-bond acceptors (Lipinski definition) is 2. The standard InChI is InChI=1S/C15H10ClNO2/c16-12-6-8-13(9-7-12)17-15(18)10-14(19-17)11-4-2-1-3-5-11/h1-10H. The SMILES string of the molecule is O=c1cc(-c2ccccc2)on1-c1ccc(Cl)cc1. The maximum absolute atomic E-state index is 11.9. The zero-order valence-corrected chi connectivity index (χ0v) is 10.7. The molecule has 4 heteroatoms. The Bertz CT molecular complexity index is 742. The van der Waals surface area contributed by atoms with E-state index < -0.39 is 0 Å². The molecule has 19 heavy (non-hydrogen) atoms. The van der Waals surface area contributed by atoms with E-state index in [1.54, 1.807) is 24.3 Å². The quantitative estimate of drug-likeness (QED) is 0.711. The molecule has 0 aliphatic rings. The Morgan fingerprint density at radius 3 is 2.32 bits per heavy atom. The highest BCUT2D eigenvalue weighted by atomic mass is 35.5. The maximum Gasteiger partial charge on any atom is 0.287 e. The average molecular weight is 272 g/mol. The third-order valence-corrected chi connectivity index (χ3v) is 3.02. The first-order valence-electron chi connectivity index (χ1n) is 5.79. The Hall–Kier alpha value is -2.26. The van der Waals surface area contributed by atoms with Gasteiger partial charge in [-0.15, -0.1) is 4.74 Å². The molecular weight excluding hydrogens is 262 g/mol. The van der Waals surface area contributed by atoms with E-state index in [9.17, 15) is 4.79 Å². The molecule has 94 valence electrons. The molecule has 0 spiro atoms. The first-order valence-corrected chi connectivity index (χ1v) is 6.16. The number of nitrogens with zero attached hydrogens (tertiary/aromatic N) is 1. The van der Waals surface area contributed by atoms with Crippen molar-refractivity contribution in [2.75, 3.05) is 0 Å². The lowest BCUT2D eigenvalue weighted by molar-refractivity contribution is 0.349. The summed E-state index contributed by atoms with van der Waals surface area (Å²) < 4.78 is 6.84. The summed E-state index contributed by atoms with van der Waals surface area (Å²) in [6.07, 6.45) is 0. The van der Waals surface area contributed by atoms with Gasteiger partial charge in [0.15, 0.2) is 5.76 Å². The third-order valence-electron chi connectivity index (χ3n) is 2.76. The van der Waals surface area contributed by atoms with Gasteiger partial charge in [0, 0.05) is 10.6 Å². The van der Waals surface area contributed by atoms with Gasteiger partial charge >= 0.3 is 0 Å². The minimum absolute atomic E-state index is 0.207. The highest BCUT2D eigenvalue weighted by Crippen LogP contribution is 2.19. The van der Waals surface area contributed by atoms with Crippen molar-refractivity contribution in [3.63, 3.8) is 0 Å². The van der Waals surface area contributed by atoms with Gasteiger partial charge in [0.1, 0.15) is 0 Å². The summed E-state index contributed by atoms with van der Waals surface area (Å²) in [6, 6.07) is 17.9. The van der Waals surface area contributed by atoms with E-state index in [0.717, 1.165) is 5.56 Å². The fraction of sp³-hybridized carbons (Fsp3) is 0. The van der Waals surface area contributed by atoms with Crippen LogP contribution in [0, 0.1) is 0 Å². The Morgan fingerprint density at radius 2 is 1.63 bits per heavy atom. The number of hydrogen-bond donors (Lipinski definition) is 0. The minimum atomic E-state index is -0.207. The summed E-state index contributed by atoms with van der Waals surface area (Å²) >= 11 is 5.82. The van der Waals surface area contributed by atoms with Gasteiger partial charge in [-0.25, -0.2) is 0 Å². The molecule has 0 saturated carbocycles.